The number of benzene rings is 1. The standard InChI is InChI=1S/C19H24N2O3S/c1-23-16-9-12-8-15-18(22)21(14-6-4-3-5-7-14)19(25)20(15)11-13(12)10-17(16)24-2/h9-10,14-15H,3-8,11H2,1-2H3. The first kappa shape index (κ1) is 16.6. The molecule has 0 bridgehead atoms. The lowest BCUT2D eigenvalue weighted by Gasteiger charge is -2.32. The average Bonchev–Trinajstić information content (AvgIpc) is 2.89. The fraction of sp³-hybridized carbons (Fsp3) is 0.579. The number of methoxy groups -OCH3 is 2. The molecule has 1 aromatic carbocycles. The molecule has 134 valence electrons. The summed E-state index contributed by atoms with van der Waals surface area (Å²) in [4.78, 5) is 17.1. The van der Waals surface area contributed by atoms with Crippen LogP contribution in [0.4, 0.5) is 0 Å². The zero-order valence-corrected chi connectivity index (χ0v) is 15.6. The Morgan fingerprint density at radius 1 is 1.04 bits per heavy atom. The van der Waals surface area contributed by atoms with Crippen LogP contribution in [0.2, 0.25) is 0 Å². The minimum Gasteiger partial charge on any atom is -0.493 e. The normalized spacial score (nSPS) is 23.5. The van der Waals surface area contributed by atoms with Gasteiger partial charge in [-0.25, -0.2) is 0 Å². The predicted molar refractivity (Wildman–Crippen MR) is 98.9 cm³/mol. The van der Waals surface area contributed by atoms with Crippen LogP contribution in [0.15, 0.2) is 12.1 Å². The molecule has 6 heteroatoms. The molecule has 0 N–H and O–H groups in total. The minimum absolute atomic E-state index is 0.167. The molecular weight excluding hydrogens is 336 g/mol. The van der Waals surface area contributed by atoms with Gasteiger partial charge in [0.25, 0.3) is 5.91 Å². The topological polar surface area (TPSA) is 42.0 Å². The number of rotatable bonds is 3. The molecule has 4 rings (SSSR count). The van der Waals surface area contributed by atoms with E-state index in [2.05, 4.69) is 4.90 Å². The van der Waals surface area contributed by atoms with E-state index in [1.807, 2.05) is 17.0 Å². The first-order valence-electron chi connectivity index (χ1n) is 9.01. The summed E-state index contributed by atoms with van der Waals surface area (Å²) >= 11 is 5.71. The van der Waals surface area contributed by atoms with Crippen LogP contribution in [0.25, 0.3) is 0 Å². The number of ether oxygens (including phenoxy) is 2. The van der Waals surface area contributed by atoms with E-state index in [0.29, 0.717) is 23.8 Å². The van der Waals surface area contributed by atoms with E-state index in [4.69, 9.17) is 21.7 Å². The van der Waals surface area contributed by atoms with E-state index in [0.717, 1.165) is 29.7 Å². The summed E-state index contributed by atoms with van der Waals surface area (Å²) < 4.78 is 10.8. The highest BCUT2D eigenvalue weighted by molar-refractivity contribution is 7.80. The van der Waals surface area contributed by atoms with Crippen molar-refractivity contribution in [3.05, 3.63) is 23.3 Å². The number of hydrogen-bond acceptors (Lipinski definition) is 4. The largest absolute Gasteiger partial charge is 0.493 e. The molecule has 2 aliphatic heterocycles. The Bertz CT molecular complexity index is 664. The molecule has 0 radical (unpaired) electrons. The van der Waals surface area contributed by atoms with E-state index in [9.17, 15) is 4.79 Å². The van der Waals surface area contributed by atoms with E-state index >= 15 is 0 Å². The van der Waals surface area contributed by atoms with Crippen LogP contribution in [0.3, 0.4) is 0 Å². The third-order valence-electron chi connectivity index (χ3n) is 5.75. The monoisotopic (exact) mass is 360 g/mol. The molecule has 1 aliphatic carbocycles. The van der Waals surface area contributed by atoms with Gasteiger partial charge in [-0.3, -0.25) is 9.69 Å². The molecule has 3 aliphatic rings. The lowest BCUT2D eigenvalue weighted by Crippen LogP contribution is -2.42. The number of nitrogens with zero attached hydrogens (tertiary/aromatic N) is 2. The van der Waals surface area contributed by atoms with E-state index < -0.39 is 0 Å². The van der Waals surface area contributed by atoms with Gasteiger partial charge >= 0.3 is 0 Å². The van der Waals surface area contributed by atoms with Crippen LogP contribution in [-0.2, 0) is 17.8 Å². The van der Waals surface area contributed by atoms with Gasteiger partial charge in [0.15, 0.2) is 16.6 Å². The molecule has 1 amide bonds. The lowest BCUT2D eigenvalue weighted by atomic mass is 9.93. The number of amides is 1. The van der Waals surface area contributed by atoms with E-state index in [-0.39, 0.29) is 18.0 Å². The second-order valence-corrected chi connectivity index (χ2v) is 7.47. The van der Waals surface area contributed by atoms with Crippen molar-refractivity contribution >= 4 is 23.2 Å². The molecule has 1 saturated carbocycles. The molecule has 25 heavy (non-hydrogen) atoms. The van der Waals surface area contributed by atoms with Crippen molar-refractivity contribution < 1.29 is 14.3 Å². The lowest BCUT2D eigenvalue weighted by molar-refractivity contribution is -0.130. The van der Waals surface area contributed by atoms with Crippen molar-refractivity contribution in [2.45, 2.75) is 57.2 Å². The van der Waals surface area contributed by atoms with Crippen LogP contribution in [0, 0.1) is 0 Å². The van der Waals surface area contributed by atoms with Gasteiger partial charge in [-0.2, -0.15) is 0 Å². The minimum atomic E-state index is -0.167. The maximum Gasteiger partial charge on any atom is 0.252 e. The van der Waals surface area contributed by atoms with Crippen molar-refractivity contribution in [2.75, 3.05) is 14.2 Å². The van der Waals surface area contributed by atoms with Crippen molar-refractivity contribution in [2.24, 2.45) is 0 Å². The first-order valence-corrected chi connectivity index (χ1v) is 9.42. The summed E-state index contributed by atoms with van der Waals surface area (Å²) in [6.07, 6.45) is 6.47. The zero-order chi connectivity index (χ0) is 17.6. The van der Waals surface area contributed by atoms with Gasteiger partial charge in [0.05, 0.1) is 14.2 Å². The van der Waals surface area contributed by atoms with Crippen molar-refractivity contribution in [3.8, 4) is 11.5 Å². The first-order chi connectivity index (χ1) is 12.1. The Morgan fingerprint density at radius 3 is 2.32 bits per heavy atom. The summed E-state index contributed by atoms with van der Waals surface area (Å²) in [6, 6.07) is 4.14. The summed E-state index contributed by atoms with van der Waals surface area (Å²) in [5.74, 6) is 1.62. The van der Waals surface area contributed by atoms with Crippen LogP contribution in [0.1, 0.15) is 43.2 Å². The molecule has 5 nitrogen and oxygen atoms in total. The van der Waals surface area contributed by atoms with Gasteiger partial charge in [0.2, 0.25) is 0 Å². The molecule has 0 aromatic heterocycles. The van der Waals surface area contributed by atoms with Crippen molar-refractivity contribution in [1.29, 1.82) is 0 Å². The molecule has 0 spiro atoms. The Balaban J connectivity index is 1.64. The average molecular weight is 360 g/mol. The second kappa shape index (κ2) is 6.48. The molecular formula is C19H24N2O3S. The quantitative estimate of drug-likeness (QED) is 0.776. The molecule has 2 heterocycles. The summed E-state index contributed by atoms with van der Waals surface area (Å²) in [5.41, 5.74) is 2.31. The van der Waals surface area contributed by atoms with Gasteiger partial charge in [0.1, 0.15) is 6.04 Å². The van der Waals surface area contributed by atoms with Crippen molar-refractivity contribution in [1.82, 2.24) is 9.80 Å². The number of fused-ring (bicyclic) bond motifs is 2. The fourth-order valence-electron chi connectivity index (χ4n) is 4.40. The van der Waals surface area contributed by atoms with Crippen LogP contribution in [-0.4, -0.2) is 47.1 Å². The smallest absolute Gasteiger partial charge is 0.252 e. The predicted octanol–water partition coefficient (Wildman–Crippen LogP) is 2.89. The van der Waals surface area contributed by atoms with Gasteiger partial charge in [0, 0.05) is 19.0 Å². The highest BCUT2D eigenvalue weighted by atomic mass is 32.1. The maximum atomic E-state index is 13.1. The van der Waals surface area contributed by atoms with E-state index in [1.165, 1.54) is 19.3 Å². The summed E-state index contributed by atoms with van der Waals surface area (Å²) in [5, 5.41) is 0.710. The van der Waals surface area contributed by atoms with Gasteiger partial charge < -0.3 is 14.4 Å². The van der Waals surface area contributed by atoms with Gasteiger partial charge in [-0.1, -0.05) is 19.3 Å². The molecule has 1 aromatic rings. The van der Waals surface area contributed by atoms with Gasteiger partial charge in [-0.15, -0.1) is 0 Å². The Labute approximate surface area is 153 Å². The highest BCUT2D eigenvalue weighted by Gasteiger charge is 2.47. The Kier molecular flexibility index (Phi) is 4.31. The van der Waals surface area contributed by atoms with Crippen LogP contribution < -0.4 is 9.47 Å². The molecule has 2 fully saturated rings. The maximum absolute atomic E-state index is 13.1. The number of thiocarbonyl (C=S) groups is 1. The van der Waals surface area contributed by atoms with Crippen molar-refractivity contribution in [3.63, 3.8) is 0 Å². The van der Waals surface area contributed by atoms with E-state index in [1.54, 1.807) is 14.2 Å². The zero-order valence-electron chi connectivity index (χ0n) is 14.8. The Hall–Kier alpha value is -1.82. The fourth-order valence-corrected chi connectivity index (χ4v) is 4.83. The number of carbonyl (C=O) groups excluding carboxylic acids is 1. The second-order valence-electron chi connectivity index (χ2n) is 7.11. The van der Waals surface area contributed by atoms with Crippen LogP contribution in [0.5, 0.6) is 11.5 Å². The highest BCUT2D eigenvalue weighted by Crippen LogP contribution is 2.38. The third-order valence-corrected chi connectivity index (χ3v) is 6.18. The summed E-state index contributed by atoms with van der Waals surface area (Å²) in [6.45, 7) is 0.661. The molecule has 1 unspecified atom stereocenters. The summed E-state index contributed by atoms with van der Waals surface area (Å²) in [7, 11) is 3.28. The van der Waals surface area contributed by atoms with Gasteiger partial charge in [-0.05, 0) is 48.3 Å². The Morgan fingerprint density at radius 2 is 1.68 bits per heavy atom. The number of carbonyl (C=O) groups is 1. The molecule has 1 saturated heterocycles. The SMILES string of the molecule is COc1cc2c(cc1OC)CN1C(=S)N(C3CCCCC3)C(=O)C1C2. The molecule has 1 atom stereocenters. The number of hydrogen-bond donors (Lipinski definition) is 0. The van der Waals surface area contributed by atoms with Crippen LogP contribution >= 0.6 is 12.2 Å². The third kappa shape index (κ3) is 2.67.